The summed E-state index contributed by atoms with van der Waals surface area (Å²) in [6.45, 7) is 3.52. The van der Waals surface area contributed by atoms with Gasteiger partial charge in [0.2, 0.25) is 0 Å². The van der Waals surface area contributed by atoms with E-state index >= 15 is 0 Å². The molecule has 1 N–H and O–H groups in total. The molecule has 8 heteroatoms. The lowest BCUT2D eigenvalue weighted by Crippen LogP contribution is -2.18. The number of ether oxygens (including phenoxy) is 1. The van der Waals surface area contributed by atoms with Gasteiger partial charge in [0, 0.05) is 4.88 Å². The van der Waals surface area contributed by atoms with Gasteiger partial charge in [0.1, 0.15) is 5.00 Å². The summed E-state index contributed by atoms with van der Waals surface area (Å²) in [4.78, 5) is 26.5. The first-order valence-corrected chi connectivity index (χ1v) is 11.8. The standard InChI is InChI=1S/C20H23NO5S2/c1-3-26-20(23)17-13-9-5-7-11-15(13)27-19(17)21-18(22)14-10-6-8-12-16(14)28(24,25)4-2/h6,8,10,12H,3-5,7,9,11H2,1-2H3,(H,21,22). The van der Waals surface area contributed by atoms with Crippen molar-refractivity contribution in [2.45, 2.75) is 44.4 Å². The average Bonchev–Trinajstić information content (AvgIpc) is 3.06. The van der Waals surface area contributed by atoms with Crippen LogP contribution in [0.1, 0.15) is 57.8 Å². The number of carbonyl (C=O) groups excluding carboxylic acids is 2. The number of rotatable bonds is 6. The average molecular weight is 422 g/mol. The van der Waals surface area contributed by atoms with Crippen LogP contribution in [0.25, 0.3) is 0 Å². The molecule has 0 atom stereocenters. The third-order valence-electron chi connectivity index (χ3n) is 4.72. The zero-order valence-electron chi connectivity index (χ0n) is 15.9. The van der Waals surface area contributed by atoms with Crippen LogP contribution >= 0.6 is 11.3 Å². The number of esters is 1. The van der Waals surface area contributed by atoms with E-state index in [0.29, 0.717) is 10.6 Å². The van der Waals surface area contributed by atoms with E-state index in [1.165, 1.54) is 30.4 Å². The van der Waals surface area contributed by atoms with Crippen molar-refractivity contribution in [1.29, 1.82) is 0 Å². The molecular formula is C20H23NO5S2. The van der Waals surface area contributed by atoms with Crippen LogP contribution in [0.2, 0.25) is 0 Å². The van der Waals surface area contributed by atoms with Gasteiger partial charge in [0.15, 0.2) is 9.84 Å². The molecule has 0 fully saturated rings. The van der Waals surface area contributed by atoms with E-state index in [-0.39, 0.29) is 22.8 Å². The SMILES string of the molecule is CCOC(=O)c1c(NC(=O)c2ccccc2S(=O)(=O)CC)sc2c1CCCC2. The fourth-order valence-electron chi connectivity index (χ4n) is 3.32. The Bertz CT molecular complexity index is 1010. The number of anilines is 1. The van der Waals surface area contributed by atoms with Crippen LogP contribution in [0.5, 0.6) is 0 Å². The maximum absolute atomic E-state index is 12.9. The van der Waals surface area contributed by atoms with E-state index in [4.69, 9.17) is 4.74 Å². The molecule has 1 aromatic heterocycles. The highest BCUT2D eigenvalue weighted by atomic mass is 32.2. The van der Waals surface area contributed by atoms with Crippen molar-refractivity contribution in [1.82, 2.24) is 0 Å². The van der Waals surface area contributed by atoms with E-state index in [0.717, 1.165) is 36.1 Å². The Morgan fingerprint density at radius 3 is 2.57 bits per heavy atom. The van der Waals surface area contributed by atoms with Crippen LogP contribution in [0, 0.1) is 0 Å². The molecule has 0 unspecified atom stereocenters. The molecule has 1 aromatic carbocycles. The molecule has 0 saturated carbocycles. The van der Waals surface area contributed by atoms with Crippen molar-refractivity contribution in [3.05, 3.63) is 45.8 Å². The van der Waals surface area contributed by atoms with Crippen LogP contribution in [0.15, 0.2) is 29.2 Å². The maximum atomic E-state index is 12.9. The Hall–Kier alpha value is -2.19. The van der Waals surface area contributed by atoms with E-state index in [2.05, 4.69) is 5.32 Å². The zero-order chi connectivity index (χ0) is 20.3. The summed E-state index contributed by atoms with van der Waals surface area (Å²) in [5, 5.41) is 3.20. The molecule has 0 bridgehead atoms. The topological polar surface area (TPSA) is 89.5 Å². The van der Waals surface area contributed by atoms with E-state index in [1.807, 2.05) is 0 Å². The Labute approximate surface area is 168 Å². The summed E-state index contributed by atoms with van der Waals surface area (Å²) in [6, 6.07) is 6.12. The number of aryl methyl sites for hydroxylation is 1. The van der Waals surface area contributed by atoms with Gasteiger partial charge in [-0.25, -0.2) is 13.2 Å². The summed E-state index contributed by atoms with van der Waals surface area (Å²) in [5.74, 6) is -1.10. The number of hydrogen-bond donors (Lipinski definition) is 1. The van der Waals surface area contributed by atoms with Crippen LogP contribution in [0.4, 0.5) is 5.00 Å². The monoisotopic (exact) mass is 421 g/mol. The highest BCUT2D eigenvalue weighted by Gasteiger charge is 2.28. The van der Waals surface area contributed by atoms with Gasteiger partial charge >= 0.3 is 5.97 Å². The van der Waals surface area contributed by atoms with Crippen LogP contribution in [0.3, 0.4) is 0 Å². The van der Waals surface area contributed by atoms with Crippen molar-refractivity contribution in [3.63, 3.8) is 0 Å². The molecule has 3 rings (SSSR count). The molecule has 150 valence electrons. The van der Waals surface area contributed by atoms with Gasteiger partial charge in [-0.2, -0.15) is 0 Å². The van der Waals surface area contributed by atoms with Gasteiger partial charge in [0.05, 0.1) is 28.4 Å². The number of carbonyl (C=O) groups is 2. The summed E-state index contributed by atoms with van der Waals surface area (Å²) >= 11 is 1.38. The van der Waals surface area contributed by atoms with E-state index in [9.17, 15) is 18.0 Å². The van der Waals surface area contributed by atoms with Gasteiger partial charge in [0.25, 0.3) is 5.91 Å². The molecule has 1 aliphatic carbocycles. The predicted molar refractivity (Wildman–Crippen MR) is 109 cm³/mol. The second-order valence-corrected chi connectivity index (χ2v) is 9.84. The van der Waals surface area contributed by atoms with E-state index < -0.39 is 21.7 Å². The number of hydrogen-bond acceptors (Lipinski definition) is 6. The number of benzene rings is 1. The van der Waals surface area contributed by atoms with E-state index in [1.54, 1.807) is 19.1 Å². The minimum Gasteiger partial charge on any atom is -0.462 e. The second-order valence-electron chi connectivity index (χ2n) is 6.49. The summed E-state index contributed by atoms with van der Waals surface area (Å²) in [5.41, 5.74) is 1.43. The minimum atomic E-state index is -3.55. The molecule has 0 saturated heterocycles. The number of nitrogens with one attached hydrogen (secondary N) is 1. The normalized spacial score (nSPS) is 13.6. The Balaban J connectivity index is 2.00. The van der Waals surface area contributed by atoms with Gasteiger partial charge in [-0.15, -0.1) is 11.3 Å². The van der Waals surface area contributed by atoms with Crippen LogP contribution in [-0.4, -0.2) is 32.7 Å². The lowest BCUT2D eigenvalue weighted by molar-refractivity contribution is 0.0526. The molecule has 1 heterocycles. The number of thiophene rings is 1. The van der Waals surface area contributed by atoms with Gasteiger partial charge in [-0.3, -0.25) is 4.79 Å². The molecular weight excluding hydrogens is 398 g/mol. The number of amides is 1. The van der Waals surface area contributed by atoms with Crippen LogP contribution in [-0.2, 0) is 27.4 Å². The maximum Gasteiger partial charge on any atom is 0.341 e. The lowest BCUT2D eigenvalue weighted by atomic mass is 9.95. The third-order valence-corrected chi connectivity index (χ3v) is 7.72. The first-order chi connectivity index (χ1) is 13.4. The molecule has 6 nitrogen and oxygen atoms in total. The van der Waals surface area contributed by atoms with Gasteiger partial charge < -0.3 is 10.1 Å². The number of sulfone groups is 1. The molecule has 2 aromatic rings. The summed E-state index contributed by atoms with van der Waals surface area (Å²) in [7, 11) is -3.55. The minimum absolute atomic E-state index is 0.00555. The van der Waals surface area contributed by atoms with Crippen molar-refractivity contribution in [2.75, 3.05) is 17.7 Å². The quantitative estimate of drug-likeness (QED) is 0.716. The van der Waals surface area contributed by atoms with Crippen molar-refractivity contribution < 1.29 is 22.7 Å². The van der Waals surface area contributed by atoms with Crippen LogP contribution < -0.4 is 5.32 Å². The largest absolute Gasteiger partial charge is 0.462 e. The van der Waals surface area contributed by atoms with Gasteiger partial charge in [-0.05, 0) is 50.3 Å². The Morgan fingerprint density at radius 1 is 1.14 bits per heavy atom. The predicted octanol–water partition coefficient (Wildman–Crippen LogP) is 3.85. The van der Waals surface area contributed by atoms with Crippen molar-refractivity contribution in [2.24, 2.45) is 0 Å². The first-order valence-electron chi connectivity index (χ1n) is 9.33. The Morgan fingerprint density at radius 2 is 1.86 bits per heavy atom. The summed E-state index contributed by atoms with van der Waals surface area (Å²) < 4.78 is 29.9. The Kier molecular flexibility index (Phi) is 6.20. The first kappa shape index (κ1) is 20.5. The zero-order valence-corrected chi connectivity index (χ0v) is 17.5. The molecule has 0 spiro atoms. The fourth-order valence-corrected chi connectivity index (χ4v) is 5.69. The molecule has 1 aliphatic rings. The highest BCUT2D eigenvalue weighted by Crippen LogP contribution is 2.39. The third kappa shape index (κ3) is 3.98. The van der Waals surface area contributed by atoms with Crippen molar-refractivity contribution >= 4 is 38.1 Å². The molecule has 0 aliphatic heterocycles. The molecule has 0 radical (unpaired) electrons. The second kappa shape index (κ2) is 8.45. The highest BCUT2D eigenvalue weighted by molar-refractivity contribution is 7.91. The van der Waals surface area contributed by atoms with Crippen molar-refractivity contribution in [3.8, 4) is 0 Å². The summed E-state index contributed by atoms with van der Waals surface area (Å²) in [6.07, 6.45) is 3.67. The van der Waals surface area contributed by atoms with Gasteiger partial charge in [-0.1, -0.05) is 19.1 Å². The fraction of sp³-hybridized carbons (Fsp3) is 0.400. The lowest BCUT2D eigenvalue weighted by Gasteiger charge is -2.13. The number of fused-ring (bicyclic) bond motifs is 1. The molecule has 28 heavy (non-hydrogen) atoms. The smallest absolute Gasteiger partial charge is 0.341 e. The molecule has 1 amide bonds.